The van der Waals surface area contributed by atoms with Gasteiger partial charge < -0.3 is 14.9 Å². The third-order valence-electron chi connectivity index (χ3n) is 5.59. The fourth-order valence-electron chi connectivity index (χ4n) is 3.39. The predicted octanol–water partition coefficient (Wildman–Crippen LogP) is 5.66. The number of rotatable bonds is 15. The van der Waals surface area contributed by atoms with E-state index >= 15 is 0 Å². The number of aliphatic carboxylic acids is 1. The number of benzene rings is 1. The molecule has 0 spiro atoms. The minimum Gasteiger partial charge on any atom is -0.508 e. The van der Waals surface area contributed by atoms with Crippen molar-refractivity contribution in [3.05, 3.63) is 29.3 Å². The number of unbranched alkanes of at least 4 members (excludes halogenated alkanes) is 4. The molecule has 0 fully saturated rings. The Bertz CT molecular complexity index is 649. The van der Waals surface area contributed by atoms with Crippen molar-refractivity contribution in [3.8, 4) is 5.75 Å². The smallest absolute Gasteiger partial charge is 0.309 e. The zero-order valence-corrected chi connectivity index (χ0v) is 18.5. The summed E-state index contributed by atoms with van der Waals surface area (Å²) in [7, 11) is 0. The van der Waals surface area contributed by atoms with E-state index in [-0.39, 0.29) is 0 Å². The van der Waals surface area contributed by atoms with Crippen LogP contribution in [0.1, 0.15) is 90.2 Å². The van der Waals surface area contributed by atoms with Crippen LogP contribution in [0.25, 0.3) is 0 Å². The van der Waals surface area contributed by atoms with E-state index in [1.165, 1.54) is 0 Å². The van der Waals surface area contributed by atoms with Gasteiger partial charge in [-0.2, -0.15) is 0 Å². The SMILES string of the molecule is CC(C)(CCCCc1ccc(CCCCCCC(C)(C)C(=O)O)c(O)c1)OC=O. The lowest BCUT2D eigenvalue weighted by Crippen LogP contribution is -2.23. The number of carbonyl (C=O) groups is 2. The van der Waals surface area contributed by atoms with Crippen LogP contribution < -0.4 is 0 Å². The van der Waals surface area contributed by atoms with Gasteiger partial charge in [-0.25, -0.2) is 0 Å². The topological polar surface area (TPSA) is 83.8 Å². The van der Waals surface area contributed by atoms with E-state index in [9.17, 15) is 14.7 Å². The molecule has 2 N–H and O–H groups in total. The second-order valence-electron chi connectivity index (χ2n) is 9.25. The molecular weight excluding hydrogens is 368 g/mol. The molecule has 0 aliphatic rings. The minimum atomic E-state index is -0.736. The number of hydrogen-bond donors (Lipinski definition) is 2. The van der Waals surface area contributed by atoms with Gasteiger partial charge in [0.15, 0.2) is 0 Å². The lowest BCUT2D eigenvalue weighted by atomic mass is 9.87. The number of carbonyl (C=O) groups excluding carboxylic acids is 1. The highest BCUT2D eigenvalue weighted by Gasteiger charge is 2.25. The Morgan fingerprint density at radius 1 is 0.966 bits per heavy atom. The molecule has 1 aromatic carbocycles. The first-order chi connectivity index (χ1) is 13.6. The molecule has 0 amide bonds. The van der Waals surface area contributed by atoms with E-state index in [1.807, 2.05) is 26.0 Å². The fourth-order valence-corrected chi connectivity index (χ4v) is 3.39. The van der Waals surface area contributed by atoms with Crippen molar-refractivity contribution in [2.24, 2.45) is 5.41 Å². The summed E-state index contributed by atoms with van der Waals surface area (Å²) in [6, 6.07) is 5.95. The molecule has 5 heteroatoms. The van der Waals surface area contributed by atoms with Crippen molar-refractivity contribution >= 4 is 12.4 Å². The Morgan fingerprint density at radius 2 is 1.59 bits per heavy atom. The summed E-state index contributed by atoms with van der Waals surface area (Å²) in [5, 5.41) is 19.4. The predicted molar refractivity (Wildman–Crippen MR) is 115 cm³/mol. The van der Waals surface area contributed by atoms with Gasteiger partial charge in [0.1, 0.15) is 11.4 Å². The number of carboxylic acids is 1. The van der Waals surface area contributed by atoms with Gasteiger partial charge in [-0.1, -0.05) is 31.4 Å². The van der Waals surface area contributed by atoms with E-state index < -0.39 is 17.0 Å². The minimum absolute atomic E-state index is 0.360. The summed E-state index contributed by atoms with van der Waals surface area (Å²) < 4.78 is 5.06. The van der Waals surface area contributed by atoms with Crippen molar-refractivity contribution in [1.82, 2.24) is 0 Å². The van der Waals surface area contributed by atoms with Crippen LogP contribution in [0.5, 0.6) is 5.75 Å². The maximum absolute atomic E-state index is 11.1. The number of hydrogen-bond acceptors (Lipinski definition) is 4. The fraction of sp³-hybridized carbons (Fsp3) is 0.667. The molecule has 0 unspecified atom stereocenters. The maximum atomic E-state index is 11.1. The van der Waals surface area contributed by atoms with E-state index in [0.717, 1.165) is 68.9 Å². The van der Waals surface area contributed by atoms with Crippen LogP contribution in [0.3, 0.4) is 0 Å². The summed E-state index contributed by atoms with van der Waals surface area (Å²) >= 11 is 0. The molecule has 0 aliphatic heterocycles. The summed E-state index contributed by atoms with van der Waals surface area (Å²) in [6.07, 6.45) is 9.15. The molecule has 29 heavy (non-hydrogen) atoms. The largest absolute Gasteiger partial charge is 0.508 e. The summed E-state index contributed by atoms with van der Waals surface area (Å²) in [4.78, 5) is 21.6. The van der Waals surface area contributed by atoms with Gasteiger partial charge in [0.05, 0.1) is 5.41 Å². The number of carboxylic acid groups (broad SMARTS) is 1. The monoisotopic (exact) mass is 406 g/mol. The number of aryl methyl sites for hydroxylation is 2. The average molecular weight is 407 g/mol. The van der Waals surface area contributed by atoms with Gasteiger partial charge in [-0.15, -0.1) is 0 Å². The summed E-state index contributed by atoms with van der Waals surface area (Å²) in [5.41, 5.74) is 1.03. The molecular formula is C24H38O5. The molecule has 1 aromatic rings. The number of ether oxygens (including phenoxy) is 1. The number of aromatic hydroxyl groups is 1. The third-order valence-corrected chi connectivity index (χ3v) is 5.59. The molecule has 0 heterocycles. The first kappa shape index (κ1) is 25.0. The van der Waals surface area contributed by atoms with Gasteiger partial charge in [0.25, 0.3) is 6.47 Å². The second-order valence-corrected chi connectivity index (χ2v) is 9.25. The maximum Gasteiger partial charge on any atom is 0.309 e. The molecule has 0 radical (unpaired) electrons. The van der Waals surface area contributed by atoms with E-state index in [1.54, 1.807) is 13.8 Å². The Labute approximate surface area is 175 Å². The highest BCUT2D eigenvalue weighted by molar-refractivity contribution is 5.73. The summed E-state index contributed by atoms with van der Waals surface area (Å²) in [5.74, 6) is -0.375. The van der Waals surface area contributed by atoms with Crippen LogP contribution in [0, 0.1) is 5.41 Å². The van der Waals surface area contributed by atoms with Crippen molar-refractivity contribution in [1.29, 1.82) is 0 Å². The second kappa shape index (κ2) is 11.8. The van der Waals surface area contributed by atoms with Crippen LogP contribution in [0.15, 0.2) is 18.2 Å². The molecule has 0 saturated carbocycles. The molecule has 0 aromatic heterocycles. The molecule has 1 rings (SSSR count). The summed E-state index contributed by atoms with van der Waals surface area (Å²) in [6.45, 7) is 7.88. The lowest BCUT2D eigenvalue weighted by molar-refractivity contribution is -0.147. The Morgan fingerprint density at radius 3 is 2.21 bits per heavy atom. The standard InChI is InChI=1S/C24H38O5/c1-23(2,22(27)28)15-9-6-5-7-12-20-14-13-19(17-21(20)26)11-8-10-16-24(3,4)29-18-25/h13-14,17-18,26H,5-12,15-16H2,1-4H3,(H,27,28). The Hall–Kier alpha value is -2.04. The lowest BCUT2D eigenvalue weighted by Gasteiger charge is -2.22. The van der Waals surface area contributed by atoms with Crippen LogP contribution in [0.4, 0.5) is 0 Å². The van der Waals surface area contributed by atoms with Crippen molar-refractivity contribution < 1.29 is 24.5 Å². The number of phenolic OH excluding ortho intramolecular Hbond substituents is 1. The average Bonchev–Trinajstić information content (AvgIpc) is 2.63. The van der Waals surface area contributed by atoms with Gasteiger partial charge in [0.2, 0.25) is 0 Å². The van der Waals surface area contributed by atoms with Gasteiger partial charge >= 0.3 is 5.97 Å². The van der Waals surface area contributed by atoms with Gasteiger partial charge in [-0.3, -0.25) is 9.59 Å². The van der Waals surface area contributed by atoms with E-state index in [0.29, 0.717) is 18.6 Å². The van der Waals surface area contributed by atoms with Gasteiger partial charge in [0, 0.05) is 0 Å². The quantitative estimate of drug-likeness (QED) is 0.290. The molecule has 0 atom stereocenters. The molecule has 0 saturated heterocycles. The van der Waals surface area contributed by atoms with E-state index in [4.69, 9.17) is 9.84 Å². The number of phenols is 1. The van der Waals surface area contributed by atoms with Crippen LogP contribution in [-0.4, -0.2) is 28.3 Å². The van der Waals surface area contributed by atoms with Crippen LogP contribution >= 0.6 is 0 Å². The third kappa shape index (κ3) is 9.82. The first-order valence-electron chi connectivity index (χ1n) is 10.7. The van der Waals surface area contributed by atoms with Crippen molar-refractivity contribution in [2.75, 3.05) is 0 Å². The van der Waals surface area contributed by atoms with Gasteiger partial charge in [-0.05, 0) is 89.8 Å². The van der Waals surface area contributed by atoms with E-state index in [2.05, 4.69) is 6.07 Å². The molecule has 0 bridgehead atoms. The Balaban J connectivity index is 2.29. The zero-order chi connectivity index (χ0) is 21.9. The highest BCUT2D eigenvalue weighted by Crippen LogP contribution is 2.26. The molecule has 164 valence electrons. The van der Waals surface area contributed by atoms with Crippen molar-refractivity contribution in [2.45, 2.75) is 97.5 Å². The Kier molecular flexibility index (Phi) is 10.2. The van der Waals surface area contributed by atoms with Crippen LogP contribution in [0.2, 0.25) is 0 Å². The van der Waals surface area contributed by atoms with Crippen molar-refractivity contribution in [3.63, 3.8) is 0 Å². The molecule has 0 aliphatic carbocycles. The normalized spacial score (nSPS) is 12.0. The molecule has 5 nitrogen and oxygen atoms in total. The zero-order valence-electron chi connectivity index (χ0n) is 18.5. The highest BCUT2D eigenvalue weighted by atomic mass is 16.5. The van der Waals surface area contributed by atoms with Crippen LogP contribution in [-0.2, 0) is 27.2 Å². The first-order valence-corrected chi connectivity index (χ1v) is 10.7.